The molecule has 1 N–H and O–H groups in total. The number of amides is 1. The fourth-order valence-corrected chi connectivity index (χ4v) is 3.18. The van der Waals surface area contributed by atoms with E-state index in [0.717, 1.165) is 11.1 Å². The summed E-state index contributed by atoms with van der Waals surface area (Å²) in [7, 11) is 0. The number of carbonyl (C=O) groups is 1. The number of carbonyl (C=O) groups excluding carboxylic acids is 1. The first-order valence-electron chi connectivity index (χ1n) is 9.50. The van der Waals surface area contributed by atoms with E-state index in [1.807, 2.05) is 36.9 Å². The number of ether oxygens (including phenoxy) is 1. The molecule has 0 unspecified atom stereocenters. The summed E-state index contributed by atoms with van der Waals surface area (Å²) < 4.78 is 5.30. The first-order valence-corrected chi connectivity index (χ1v) is 9.50. The third kappa shape index (κ3) is 4.82. The lowest BCUT2D eigenvalue weighted by Crippen LogP contribution is -2.36. The number of hydrogen-bond donors (Lipinski definition) is 1. The van der Waals surface area contributed by atoms with Crippen LogP contribution >= 0.6 is 0 Å². The molecule has 8 heteroatoms. The molecule has 154 valence electrons. The Morgan fingerprint density at radius 2 is 1.93 bits per heavy atom. The Morgan fingerprint density at radius 3 is 2.57 bits per heavy atom. The van der Waals surface area contributed by atoms with Crippen LogP contribution in [0.5, 0.6) is 0 Å². The molecule has 1 aliphatic heterocycles. The molecule has 1 fully saturated rings. The molecule has 2 aromatic rings. The molecule has 1 amide bonds. The Hall–Kier alpha value is -3.70. The molecular weight excluding hydrogens is 384 g/mol. The van der Waals surface area contributed by atoms with Gasteiger partial charge >= 0.3 is 0 Å². The molecule has 8 nitrogen and oxygen atoms in total. The first-order chi connectivity index (χ1) is 14.4. The maximum atomic E-state index is 12.5. The lowest BCUT2D eigenvalue weighted by Gasteiger charge is -2.28. The quantitative estimate of drug-likeness (QED) is 0.352. The second-order valence-electron chi connectivity index (χ2n) is 7.03. The van der Waals surface area contributed by atoms with Gasteiger partial charge in [0.15, 0.2) is 0 Å². The van der Waals surface area contributed by atoms with Crippen LogP contribution in [0.15, 0.2) is 42.0 Å². The van der Waals surface area contributed by atoms with E-state index < -0.39 is 10.8 Å². The highest BCUT2D eigenvalue weighted by Gasteiger charge is 2.22. The number of nitro benzene ring substituents is 1. The van der Waals surface area contributed by atoms with Gasteiger partial charge in [-0.25, -0.2) is 0 Å². The molecule has 0 saturated carbocycles. The standard InChI is InChI=1S/C22H22N4O4/c1-15-3-5-19(11-16(15)2)24-22(27)18(14-23)12-17-4-6-20(21(13-17)26(28)29)25-7-9-30-10-8-25/h3-6,11-13H,7-10H2,1-2H3,(H,24,27). The number of aryl methyl sites for hydroxylation is 2. The van der Waals surface area contributed by atoms with Crippen molar-refractivity contribution in [1.29, 1.82) is 5.26 Å². The van der Waals surface area contributed by atoms with Crippen molar-refractivity contribution in [2.45, 2.75) is 13.8 Å². The molecule has 2 aromatic carbocycles. The molecule has 0 atom stereocenters. The van der Waals surface area contributed by atoms with Crippen LogP contribution in [0.1, 0.15) is 16.7 Å². The average Bonchev–Trinajstić information content (AvgIpc) is 2.75. The summed E-state index contributed by atoms with van der Waals surface area (Å²) in [5, 5.41) is 23.7. The van der Waals surface area contributed by atoms with Gasteiger partial charge < -0.3 is 15.0 Å². The Bertz CT molecular complexity index is 1050. The monoisotopic (exact) mass is 406 g/mol. The third-order valence-corrected chi connectivity index (χ3v) is 4.99. The summed E-state index contributed by atoms with van der Waals surface area (Å²) in [4.78, 5) is 25.5. The minimum absolute atomic E-state index is 0.0718. The minimum Gasteiger partial charge on any atom is -0.378 e. The number of nitrogens with zero attached hydrogens (tertiary/aromatic N) is 3. The summed E-state index contributed by atoms with van der Waals surface area (Å²) in [6.07, 6.45) is 1.35. The topological polar surface area (TPSA) is 108 Å². The Kier molecular flexibility index (Phi) is 6.45. The number of morpholine rings is 1. The van der Waals surface area contributed by atoms with Crippen molar-refractivity contribution in [3.8, 4) is 6.07 Å². The molecule has 1 aliphatic rings. The van der Waals surface area contributed by atoms with Crippen LogP contribution in [0.4, 0.5) is 17.1 Å². The van der Waals surface area contributed by atoms with Gasteiger partial charge in [0.25, 0.3) is 11.6 Å². The molecule has 0 spiro atoms. The maximum absolute atomic E-state index is 12.5. The van der Waals surface area contributed by atoms with Gasteiger partial charge in [-0.05, 0) is 54.8 Å². The van der Waals surface area contributed by atoms with Crippen molar-refractivity contribution in [3.05, 3.63) is 68.8 Å². The van der Waals surface area contributed by atoms with E-state index in [1.165, 1.54) is 12.1 Å². The van der Waals surface area contributed by atoms with E-state index in [9.17, 15) is 20.2 Å². The summed E-state index contributed by atoms with van der Waals surface area (Å²) in [5.74, 6) is -0.569. The highest BCUT2D eigenvalue weighted by molar-refractivity contribution is 6.09. The van der Waals surface area contributed by atoms with Crippen molar-refractivity contribution in [3.63, 3.8) is 0 Å². The second-order valence-corrected chi connectivity index (χ2v) is 7.03. The number of nitrogens with one attached hydrogen (secondary N) is 1. The van der Waals surface area contributed by atoms with E-state index in [-0.39, 0.29) is 11.3 Å². The molecule has 0 radical (unpaired) electrons. The van der Waals surface area contributed by atoms with Crippen LogP contribution < -0.4 is 10.2 Å². The largest absolute Gasteiger partial charge is 0.378 e. The highest BCUT2D eigenvalue weighted by atomic mass is 16.6. The van der Waals surface area contributed by atoms with E-state index >= 15 is 0 Å². The molecule has 0 aliphatic carbocycles. The first kappa shape index (κ1) is 21.0. The average molecular weight is 406 g/mol. The number of nitro groups is 1. The molecule has 3 rings (SSSR count). The predicted molar refractivity (Wildman–Crippen MR) is 114 cm³/mol. The number of rotatable bonds is 5. The van der Waals surface area contributed by atoms with Crippen LogP contribution in [0.3, 0.4) is 0 Å². The fourth-order valence-electron chi connectivity index (χ4n) is 3.18. The van der Waals surface area contributed by atoms with Crippen molar-refractivity contribution < 1.29 is 14.5 Å². The zero-order valence-electron chi connectivity index (χ0n) is 16.8. The van der Waals surface area contributed by atoms with Gasteiger partial charge in [0.2, 0.25) is 0 Å². The summed E-state index contributed by atoms with van der Waals surface area (Å²) in [6, 6.07) is 12.0. The van der Waals surface area contributed by atoms with E-state index in [1.54, 1.807) is 18.2 Å². The Balaban J connectivity index is 1.86. The van der Waals surface area contributed by atoms with Gasteiger partial charge in [-0.2, -0.15) is 5.26 Å². The van der Waals surface area contributed by atoms with Crippen LogP contribution in [0.2, 0.25) is 0 Å². The molecule has 30 heavy (non-hydrogen) atoms. The van der Waals surface area contributed by atoms with E-state index in [4.69, 9.17) is 4.74 Å². The number of benzene rings is 2. The van der Waals surface area contributed by atoms with Gasteiger partial charge in [0, 0.05) is 24.8 Å². The Morgan fingerprint density at radius 1 is 1.20 bits per heavy atom. The van der Waals surface area contributed by atoms with Crippen molar-refractivity contribution in [2.75, 3.05) is 36.5 Å². The molecule has 1 heterocycles. The van der Waals surface area contributed by atoms with Crippen LogP contribution in [-0.2, 0) is 9.53 Å². The molecule has 1 saturated heterocycles. The van der Waals surface area contributed by atoms with E-state index in [2.05, 4.69) is 5.32 Å². The molecular formula is C22H22N4O4. The van der Waals surface area contributed by atoms with Gasteiger partial charge in [-0.15, -0.1) is 0 Å². The summed E-state index contributed by atoms with van der Waals surface area (Å²) >= 11 is 0. The van der Waals surface area contributed by atoms with Crippen molar-refractivity contribution >= 4 is 29.0 Å². The smallest absolute Gasteiger partial charge is 0.293 e. The van der Waals surface area contributed by atoms with E-state index in [0.29, 0.717) is 43.2 Å². The zero-order chi connectivity index (χ0) is 21.7. The SMILES string of the molecule is Cc1ccc(NC(=O)C(C#N)=Cc2ccc(N3CCOCC3)c([N+](=O)[O-])c2)cc1C. The van der Waals surface area contributed by atoms with Crippen molar-refractivity contribution in [1.82, 2.24) is 0 Å². The second kappa shape index (κ2) is 9.20. The third-order valence-electron chi connectivity index (χ3n) is 4.99. The van der Waals surface area contributed by atoms with Crippen molar-refractivity contribution in [2.24, 2.45) is 0 Å². The zero-order valence-corrected chi connectivity index (χ0v) is 16.8. The highest BCUT2D eigenvalue weighted by Crippen LogP contribution is 2.30. The van der Waals surface area contributed by atoms with Gasteiger partial charge in [0.05, 0.1) is 18.1 Å². The maximum Gasteiger partial charge on any atom is 0.293 e. The van der Waals surface area contributed by atoms with Gasteiger partial charge in [-0.3, -0.25) is 14.9 Å². The minimum atomic E-state index is -0.569. The lowest BCUT2D eigenvalue weighted by molar-refractivity contribution is -0.384. The number of hydrogen-bond acceptors (Lipinski definition) is 6. The van der Waals surface area contributed by atoms with Gasteiger partial charge in [-0.1, -0.05) is 12.1 Å². The molecule has 0 bridgehead atoms. The van der Waals surface area contributed by atoms with Gasteiger partial charge in [0.1, 0.15) is 17.3 Å². The summed E-state index contributed by atoms with van der Waals surface area (Å²) in [6.45, 7) is 6.05. The summed E-state index contributed by atoms with van der Waals surface area (Å²) in [5.41, 5.74) is 3.39. The number of nitriles is 1. The van der Waals surface area contributed by atoms with Crippen LogP contribution in [-0.4, -0.2) is 37.1 Å². The van der Waals surface area contributed by atoms with Crippen LogP contribution in [0, 0.1) is 35.3 Å². The fraction of sp³-hybridized carbons (Fsp3) is 0.273. The number of anilines is 2. The lowest BCUT2D eigenvalue weighted by atomic mass is 10.1. The molecule has 0 aromatic heterocycles. The Labute approximate surface area is 174 Å². The van der Waals surface area contributed by atoms with Crippen LogP contribution in [0.25, 0.3) is 6.08 Å². The predicted octanol–water partition coefficient (Wildman–Crippen LogP) is 3.59. The normalized spacial score (nSPS) is 14.2.